The van der Waals surface area contributed by atoms with Crippen LogP contribution in [0.15, 0.2) is 0 Å². The van der Waals surface area contributed by atoms with Crippen molar-refractivity contribution in [3.63, 3.8) is 0 Å². The lowest BCUT2D eigenvalue weighted by atomic mass is 9.74. The predicted molar refractivity (Wildman–Crippen MR) is 63.3 cm³/mol. The highest BCUT2D eigenvalue weighted by molar-refractivity contribution is 5.87. The van der Waals surface area contributed by atoms with E-state index >= 15 is 0 Å². The second kappa shape index (κ2) is 5.46. The van der Waals surface area contributed by atoms with Crippen LogP contribution in [0, 0.1) is 5.41 Å². The van der Waals surface area contributed by atoms with E-state index in [1.165, 1.54) is 0 Å². The van der Waals surface area contributed by atoms with E-state index in [0.717, 1.165) is 0 Å². The largest absolute Gasteiger partial charge is 0.480 e. The summed E-state index contributed by atoms with van der Waals surface area (Å²) in [6.07, 6.45) is -0.0256. The summed E-state index contributed by atoms with van der Waals surface area (Å²) in [6.45, 7) is 6.41. The number of nitrogens with one attached hydrogen (secondary N) is 1. The summed E-state index contributed by atoms with van der Waals surface area (Å²) >= 11 is 0. The first-order valence-electron chi connectivity index (χ1n) is 5.47. The first-order chi connectivity index (χ1) is 7.54. The van der Waals surface area contributed by atoms with Gasteiger partial charge in [-0.25, -0.2) is 4.79 Å². The van der Waals surface area contributed by atoms with Crippen LogP contribution in [0.5, 0.6) is 0 Å². The molecule has 0 fully saturated rings. The maximum Gasteiger partial charge on any atom is 0.326 e. The molecular weight excluding hydrogens is 224 g/mol. The monoisotopic (exact) mass is 246 g/mol. The molecule has 0 heterocycles. The molecular formula is C11H22N2O4. The minimum Gasteiger partial charge on any atom is -0.480 e. The molecule has 0 aromatic carbocycles. The molecule has 0 saturated carbocycles. The van der Waals surface area contributed by atoms with Crippen LogP contribution in [0.1, 0.15) is 34.1 Å². The van der Waals surface area contributed by atoms with Crippen molar-refractivity contribution in [3.8, 4) is 0 Å². The number of rotatable bonds is 6. The van der Waals surface area contributed by atoms with Crippen LogP contribution in [0.2, 0.25) is 0 Å². The minimum absolute atomic E-state index is 0.0256. The maximum absolute atomic E-state index is 12.0. The van der Waals surface area contributed by atoms with Crippen molar-refractivity contribution in [1.82, 2.24) is 5.32 Å². The van der Waals surface area contributed by atoms with Crippen LogP contribution in [0.3, 0.4) is 0 Å². The van der Waals surface area contributed by atoms with Gasteiger partial charge in [-0.1, -0.05) is 0 Å². The molecule has 100 valence electrons. The van der Waals surface area contributed by atoms with Gasteiger partial charge in [0.25, 0.3) is 0 Å². The van der Waals surface area contributed by atoms with Gasteiger partial charge in [0.05, 0.1) is 5.41 Å². The number of aliphatic hydroxyl groups excluding tert-OH is 1. The van der Waals surface area contributed by atoms with E-state index in [9.17, 15) is 9.59 Å². The highest BCUT2D eigenvalue weighted by atomic mass is 16.4. The van der Waals surface area contributed by atoms with Crippen LogP contribution in [0.4, 0.5) is 0 Å². The zero-order valence-electron chi connectivity index (χ0n) is 10.8. The fraction of sp³-hybridized carbons (Fsp3) is 0.818. The predicted octanol–water partition coefficient (Wildman–Crippen LogP) is -0.298. The molecule has 0 spiro atoms. The van der Waals surface area contributed by atoms with Gasteiger partial charge in [0, 0.05) is 18.6 Å². The molecule has 0 saturated heterocycles. The van der Waals surface area contributed by atoms with Crippen molar-refractivity contribution >= 4 is 11.9 Å². The fourth-order valence-corrected chi connectivity index (χ4v) is 1.02. The topological polar surface area (TPSA) is 113 Å². The van der Waals surface area contributed by atoms with Gasteiger partial charge in [0.2, 0.25) is 5.91 Å². The number of carboxylic acids is 1. The molecule has 0 rings (SSSR count). The molecule has 0 aliphatic heterocycles. The summed E-state index contributed by atoms with van der Waals surface area (Å²) in [6, 6.07) is -1.09. The highest BCUT2D eigenvalue weighted by Gasteiger charge is 2.41. The van der Waals surface area contributed by atoms with Gasteiger partial charge in [-0.3, -0.25) is 4.79 Å². The van der Waals surface area contributed by atoms with Crippen LogP contribution in [-0.2, 0) is 9.59 Å². The van der Waals surface area contributed by atoms with Gasteiger partial charge in [-0.05, 0) is 27.7 Å². The number of aliphatic hydroxyl groups is 1. The Balaban J connectivity index is 4.78. The Bertz CT molecular complexity index is 294. The quantitative estimate of drug-likeness (QED) is 0.514. The number of aliphatic carboxylic acids is 1. The molecule has 1 atom stereocenters. The van der Waals surface area contributed by atoms with E-state index in [1.807, 2.05) is 0 Å². The van der Waals surface area contributed by atoms with E-state index in [0.29, 0.717) is 0 Å². The number of carboxylic acid groups (broad SMARTS) is 1. The molecule has 1 amide bonds. The SMILES string of the molecule is CC(C)(N)C(C)(C)C(=O)N[C@H](CCO)C(=O)O. The van der Waals surface area contributed by atoms with Gasteiger partial charge in [-0.15, -0.1) is 0 Å². The third kappa shape index (κ3) is 3.98. The average molecular weight is 246 g/mol. The smallest absolute Gasteiger partial charge is 0.326 e. The van der Waals surface area contributed by atoms with Crippen molar-refractivity contribution in [2.75, 3.05) is 6.61 Å². The first kappa shape index (κ1) is 15.9. The van der Waals surface area contributed by atoms with E-state index in [-0.39, 0.29) is 13.0 Å². The third-order valence-corrected chi connectivity index (χ3v) is 3.20. The molecule has 6 nitrogen and oxygen atoms in total. The van der Waals surface area contributed by atoms with E-state index in [1.54, 1.807) is 27.7 Å². The fourth-order valence-electron chi connectivity index (χ4n) is 1.02. The van der Waals surface area contributed by atoms with Gasteiger partial charge < -0.3 is 21.3 Å². The Kier molecular flexibility index (Phi) is 5.10. The number of carbonyl (C=O) groups is 2. The van der Waals surface area contributed by atoms with Crippen molar-refractivity contribution < 1.29 is 19.8 Å². The van der Waals surface area contributed by atoms with Crippen molar-refractivity contribution in [1.29, 1.82) is 0 Å². The van der Waals surface area contributed by atoms with Crippen LogP contribution in [0.25, 0.3) is 0 Å². The number of carbonyl (C=O) groups excluding carboxylic acids is 1. The average Bonchev–Trinajstić information content (AvgIpc) is 2.14. The molecule has 0 aliphatic rings. The second-order valence-electron chi connectivity index (χ2n) is 5.22. The summed E-state index contributed by atoms with van der Waals surface area (Å²) < 4.78 is 0. The number of hydrogen-bond donors (Lipinski definition) is 4. The van der Waals surface area contributed by atoms with Gasteiger partial charge >= 0.3 is 5.97 Å². The lowest BCUT2D eigenvalue weighted by Gasteiger charge is -2.37. The minimum atomic E-state index is -1.17. The Morgan fingerprint density at radius 2 is 1.76 bits per heavy atom. The summed E-state index contributed by atoms with van der Waals surface area (Å²) in [5.74, 6) is -1.61. The van der Waals surface area contributed by atoms with E-state index in [4.69, 9.17) is 15.9 Å². The lowest BCUT2D eigenvalue weighted by molar-refractivity contribution is -0.144. The normalized spacial score (nSPS) is 14.2. The molecule has 0 unspecified atom stereocenters. The zero-order valence-corrected chi connectivity index (χ0v) is 10.8. The summed E-state index contributed by atoms with van der Waals surface area (Å²) in [5.41, 5.74) is 4.20. The van der Waals surface area contributed by atoms with Crippen LogP contribution in [-0.4, -0.2) is 40.3 Å². The molecule has 0 aliphatic carbocycles. The lowest BCUT2D eigenvalue weighted by Crippen LogP contribution is -2.58. The summed E-state index contributed by atoms with van der Waals surface area (Å²) in [4.78, 5) is 22.8. The number of hydrogen-bond acceptors (Lipinski definition) is 4. The highest BCUT2D eigenvalue weighted by Crippen LogP contribution is 2.28. The molecule has 6 heteroatoms. The Morgan fingerprint density at radius 1 is 1.29 bits per heavy atom. The zero-order chi connectivity index (χ0) is 13.9. The van der Waals surface area contributed by atoms with Gasteiger partial charge in [0.15, 0.2) is 0 Å². The number of amides is 1. The first-order valence-corrected chi connectivity index (χ1v) is 5.47. The maximum atomic E-state index is 12.0. The molecule has 5 N–H and O–H groups in total. The van der Waals surface area contributed by atoms with E-state index < -0.39 is 28.9 Å². The Morgan fingerprint density at radius 3 is 2.06 bits per heavy atom. The molecule has 0 aromatic heterocycles. The molecule has 0 bridgehead atoms. The molecule has 17 heavy (non-hydrogen) atoms. The second-order valence-corrected chi connectivity index (χ2v) is 5.22. The third-order valence-electron chi connectivity index (χ3n) is 3.20. The summed E-state index contributed by atoms with van der Waals surface area (Å²) in [5, 5.41) is 20.0. The summed E-state index contributed by atoms with van der Waals surface area (Å²) in [7, 11) is 0. The van der Waals surface area contributed by atoms with Gasteiger partial charge in [0.1, 0.15) is 6.04 Å². The van der Waals surface area contributed by atoms with Crippen LogP contribution >= 0.6 is 0 Å². The number of nitrogens with two attached hydrogens (primary N) is 1. The van der Waals surface area contributed by atoms with Crippen molar-refractivity contribution in [3.05, 3.63) is 0 Å². The van der Waals surface area contributed by atoms with Crippen molar-refractivity contribution in [2.45, 2.75) is 45.7 Å². The molecule has 0 aromatic rings. The van der Waals surface area contributed by atoms with E-state index in [2.05, 4.69) is 5.32 Å². The standard InChI is InChI=1S/C11H22N2O4/c1-10(2,11(3,4)12)9(17)13-7(5-6-14)8(15)16/h7,14H,5-6,12H2,1-4H3,(H,13,17)(H,15,16)/t7-/m1/s1. The molecule has 0 radical (unpaired) electrons. The van der Waals surface area contributed by atoms with Gasteiger partial charge in [-0.2, -0.15) is 0 Å². The Hall–Kier alpha value is -1.14. The Labute approximate surface area is 101 Å². The van der Waals surface area contributed by atoms with Crippen LogP contribution < -0.4 is 11.1 Å². The van der Waals surface area contributed by atoms with Crippen molar-refractivity contribution in [2.24, 2.45) is 11.1 Å².